The van der Waals surface area contributed by atoms with Gasteiger partial charge in [-0.15, -0.1) is 0 Å². The summed E-state index contributed by atoms with van der Waals surface area (Å²) in [5.74, 6) is 1.37. The van der Waals surface area contributed by atoms with Crippen molar-refractivity contribution in [1.82, 2.24) is 19.7 Å². The molecule has 0 aliphatic rings. The van der Waals surface area contributed by atoms with Crippen LogP contribution in [0.25, 0.3) is 5.82 Å². The number of nitrogens with zero attached hydrogens (tertiary/aromatic N) is 4. The number of carbonyl (C=O) groups is 1. The summed E-state index contributed by atoms with van der Waals surface area (Å²) >= 11 is 0. The highest BCUT2D eigenvalue weighted by Gasteiger charge is 2.07. The molecule has 2 heterocycles. The Kier molecular flexibility index (Phi) is 2.52. The largest absolute Gasteiger partial charge is 0.298 e. The van der Waals surface area contributed by atoms with Gasteiger partial charge in [0.05, 0.1) is 11.3 Å². The molecule has 0 spiro atoms. The summed E-state index contributed by atoms with van der Waals surface area (Å²) < 4.78 is 1.60. The van der Waals surface area contributed by atoms with E-state index < -0.39 is 0 Å². The van der Waals surface area contributed by atoms with E-state index in [2.05, 4.69) is 15.1 Å². The first-order chi connectivity index (χ1) is 7.60. The molecule has 0 saturated heterocycles. The highest BCUT2D eigenvalue weighted by Crippen LogP contribution is 2.09. The quantitative estimate of drug-likeness (QED) is 0.712. The Bertz CT molecular complexity index is 525. The molecular formula is C11H12N4O. The lowest BCUT2D eigenvalue weighted by Crippen LogP contribution is -2.02. The number of hydrogen-bond acceptors (Lipinski definition) is 4. The number of aldehydes is 1. The lowest BCUT2D eigenvalue weighted by Gasteiger charge is -2.02. The fraction of sp³-hybridized carbons (Fsp3) is 0.273. The van der Waals surface area contributed by atoms with Crippen molar-refractivity contribution in [2.75, 3.05) is 0 Å². The molecule has 0 saturated carbocycles. The van der Waals surface area contributed by atoms with Crippen molar-refractivity contribution in [3.8, 4) is 5.82 Å². The molecule has 0 aliphatic heterocycles. The van der Waals surface area contributed by atoms with E-state index in [-0.39, 0.29) is 0 Å². The summed E-state index contributed by atoms with van der Waals surface area (Å²) in [5.41, 5.74) is 2.15. The standard InChI is InChI=1S/C11H12N4O/c1-7-4-11(13-9(3)12-7)15-5-10(6-16)8(2)14-15/h4-6H,1-3H3. The van der Waals surface area contributed by atoms with E-state index in [4.69, 9.17) is 0 Å². The Morgan fingerprint density at radius 3 is 2.56 bits per heavy atom. The maximum Gasteiger partial charge on any atom is 0.157 e. The summed E-state index contributed by atoms with van der Waals surface area (Å²) in [4.78, 5) is 19.2. The van der Waals surface area contributed by atoms with Gasteiger partial charge >= 0.3 is 0 Å². The zero-order valence-corrected chi connectivity index (χ0v) is 9.43. The summed E-state index contributed by atoms with van der Waals surface area (Å²) in [6, 6.07) is 1.83. The SMILES string of the molecule is Cc1cc(-n2cc(C=O)c(C)n2)nc(C)n1. The van der Waals surface area contributed by atoms with Crippen molar-refractivity contribution in [2.24, 2.45) is 0 Å². The maximum absolute atomic E-state index is 10.7. The van der Waals surface area contributed by atoms with Crippen LogP contribution in [0.15, 0.2) is 12.3 Å². The van der Waals surface area contributed by atoms with Gasteiger partial charge in [0.15, 0.2) is 12.1 Å². The van der Waals surface area contributed by atoms with Crippen molar-refractivity contribution in [2.45, 2.75) is 20.8 Å². The summed E-state index contributed by atoms with van der Waals surface area (Å²) in [6.07, 6.45) is 2.46. The molecule has 0 atom stereocenters. The van der Waals surface area contributed by atoms with Gasteiger partial charge < -0.3 is 0 Å². The van der Waals surface area contributed by atoms with Gasteiger partial charge in [0.2, 0.25) is 0 Å². The number of rotatable bonds is 2. The van der Waals surface area contributed by atoms with Crippen LogP contribution in [0.3, 0.4) is 0 Å². The van der Waals surface area contributed by atoms with Crippen LogP contribution >= 0.6 is 0 Å². The van der Waals surface area contributed by atoms with Gasteiger partial charge in [-0.3, -0.25) is 4.79 Å². The lowest BCUT2D eigenvalue weighted by molar-refractivity contribution is 0.112. The van der Waals surface area contributed by atoms with E-state index >= 15 is 0 Å². The highest BCUT2D eigenvalue weighted by molar-refractivity contribution is 5.75. The maximum atomic E-state index is 10.7. The topological polar surface area (TPSA) is 60.7 Å². The zero-order chi connectivity index (χ0) is 11.7. The van der Waals surface area contributed by atoms with Crippen molar-refractivity contribution < 1.29 is 4.79 Å². The Balaban J connectivity index is 2.53. The fourth-order valence-corrected chi connectivity index (χ4v) is 1.52. The third-order valence-corrected chi connectivity index (χ3v) is 2.25. The average molecular weight is 216 g/mol. The normalized spacial score (nSPS) is 10.4. The molecule has 0 N–H and O–H groups in total. The van der Waals surface area contributed by atoms with E-state index in [1.807, 2.05) is 19.9 Å². The van der Waals surface area contributed by atoms with Gasteiger partial charge in [-0.2, -0.15) is 5.10 Å². The molecule has 2 aromatic heterocycles. The first-order valence-corrected chi connectivity index (χ1v) is 4.94. The van der Waals surface area contributed by atoms with Gasteiger partial charge in [0.25, 0.3) is 0 Å². The minimum atomic E-state index is 0.578. The second-order valence-corrected chi connectivity index (χ2v) is 3.65. The van der Waals surface area contributed by atoms with Crippen LogP contribution in [0.1, 0.15) is 27.6 Å². The molecule has 2 aromatic rings. The minimum absolute atomic E-state index is 0.578. The number of hydrogen-bond donors (Lipinski definition) is 0. The fourth-order valence-electron chi connectivity index (χ4n) is 1.52. The molecule has 0 radical (unpaired) electrons. The molecule has 5 heteroatoms. The smallest absolute Gasteiger partial charge is 0.157 e. The second kappa shape index (κ2) is 3.84. The molecule has 0 aliphatic carbocycles. The Labute approximate surface area is 93.2 Å². The molecule has 16 heavy (non-hydrogen) atoms. The Hall–Kier alpha value is -2.04. The monoisotopic (exact) mass is 216 g/mol. The van der Waals surface area contributed by atoms with Crippen molar-refractivity contribution in [3.63, 3.8) is 0 Å². The number of carbonyl (C=O) groups excluding carboxylic acids is 1. The molecule has 2 rings (SSSR count). The number of aromatic nitrogens is 4. The third-order valence-electron chi connectivity index (χ3n) is 2.25. The van der Waals surface area contributed by atoms with Crippen molar-refractivity contribution in [1.29, 1.82) is 0 Å². The van der Waals surface area contributed by atoms with Crippen LogP contribution in [0.4, 0.5) is 0 Å². The average Bonchev–Trinajstić information content (AvgIpc) is 2.58. The Morgan fingerprint density at radius 2 is 2.00 bits per heavy atom. The van der Waals surface area contributed by atoms with Crippen molar-refractivity contribution in [3.05, 3.63) is 35.0 Å². The lowest BCUT2D eigenvalue weighted by atomic mass is 10.3. The molecule has 0 unspecified atom stereocenters. The molecule has 0 bridgehead atoms. The van der Waals surface area contributed by atoms with Crippen LogP contribution in [-0.2, 0) is 0 Å². The predicted octanol–water partition coefficient (Wildman–Crippen LogP) is 1.40. The van der Waals surface area contributed by atoms with E-state index in [1.54, 1.807) is 17.8 Å². The summed E-state index contributed by atoms with van der Waals surface area (Å²) in [5, 5.41) is 4.23. The second-order valence-electron chi connectivity index (χ2n) is 3.65. The molecule has 0 amide bonds. The van der Waals surface area contributed by atoms with Crippen LogP contribution < -0.4 is 0 Å². The molecule has 0 fully saturated rings. The molecule has 0 aromatic carbocycles. The van der Waals surface area contributed by atoms with Crippen molar-refractivity contribution >= 4 is 6.29 Å². The minimum Gasteiger partial charge on any atom is -0.298 e. The van der Waals surface area contributed by atoms with E-state index in [0.717, 1.165) is 12.0 Å². The van der Waals surface area contributed by atoms with E-state index in [1.165, 1.54) is 0 Å². The van der Waals surface area contributed by atoms with Crippen LogP contribution in [0.2, 0.25) is 0 Å². The summed E-state index contributed by atoms with van der Waals surface area (Å²) in [7, 11) is 0. The molecule has 5 nitrogen and oxygen atoms in total. The van der Waals surface area contributed by atoms with Gasteiger partial charge in [-0.05, 0) is 20.8 Å². The predicted molar refractivity (Wildman–Crippen MR) is 58.8 cm³/mol. The van der Waals surface area contributed by atoms with Crippen LogP contribution in [0.5, 0.6) is 0 Å². The summed E-state index contributed by atoms with van der Waals surface area (Å²) in [6.45, 7) is 5.52. The Morgan fingerprint density at radius 1 is 1.25 bits per heavy atom. The van der Waals surface area contributed by atoms with Crippen LogP contribution in [-0.4, -0.2) is 26.0 Å². The van der Waals surface area contributed by atoms with Gasteiger partial charge in [0.1, 0.15) is 5.82 Å². The molecule has 82 valence electrons. The first kappa shape index (κ1) is 10.5. The zero-order valence-electron chi connectivity index (χ0n) is 9.43. The molecular weight excluding hydrogens is 204 g/mol. The van der Waals surface area contributed by atoms with Gasteiger partial charge in [-0.25, -0.2) is 14.6 Å². The first-order valence-electron chi connectivity index (χ1n) is 4.94. The van der Waals surface area contributed by atoms with Gasteiger partial charge in [-0.1, -0.05) is 0 Å². The number of aryl methyl sites for hydroxylation is 3. The van der Waals surface area contributed by atoms with E-state index in [9.17, 15) is 4.79 Å². The highest BCUT2D eigenvalue weighted by atomic mass is 16.1. The van der Waals surface area contributed by atoms with Crippen LogP contribution in [0, 0.1) is 20.8 Å². The van der Waals surface area contributed by atoms with E-state index in [0.29, 0.717) is 22.9 Å². The van der Waals surface area contributed by atoms with Gasteiger partial charge in [0, 0.05) is 18.0 Å². The third kappa shape index (κ3) is 1.84.